The zero-order valence-corrected chi connectivity index (χ0v) is 14.7. The van der Waals surface area contributed by atoms with E-state index in [4.69, 9.17) is 29.2 Å². The third-order valence-electron chi connectivity index (χ3n) is 3.55. The number of rotatable bonds is 3. The topological polar surface area (TPSA) is 77.4 Å². The van der Waals surface area contributed by atoms with Crippen molar-refractivity contribution in [3.05, 3.63) is 21.5 Å². The largest absolute Gasteiger partial charge is 0.489 e. The molecule has 0 aromatic carbocycles. The lowest BCUT2D eigenvalue weighted by atomic mass is 10.2. The van der Waals surface area contributed by atoms with Gasteiger partial charge in [0.05, 0.1) is 13.2 Å². The molecule has 0 saturated heterocycles. The van der Waals surface area contributed by atoms with Crippen LogP contribution in [0.2, 0.25) is 0 Å². The van der Waals surface area contributed by atoms with Gasteiger partial charge in [0.25, 0.3) is 0 Å². The summed E-state index contributed by atoms with van der Waals surface area (Å²) in [5.74, 6) is 3.20. The normalized spacial score (nSPS) is 21.4. The third kappa shape index (κ3) is 4.32. The van der Waals surface area contributed by atoms with Gasteiger partial charge in [-0.15, -0.1) is 22.7 Å². The minimum Gasteiger partial charge on any atom is -0.489 e. The number of hydrogen-bond donors (Lipinski definition) is 2. The molecular weight excluding hydrogens is 352 g/mol. The first kappa shape index (κ1) is 17.3. The summed E-state index contributed by atoms with van der Waals surface area (Å²) in [6, 6.07) is 0. The lowest BCUT2D eigenvalue weighted by molar-refractivity contribution is 0.0716. The van der Waals surface area contributed by atoms with Crippen LogP contribution in [0.15, 0.2) is 21.5 Å². The van der Waals surface area contributed by atoms with Gasteiger partial charge in [0.1, 0.15) is 18.8 Å². The summed E-state index contributed by atoms with van der Waals surface area (Å²) in [5, 5.41) is 25.2. The van der Waals surface area contributed by atoms with E-state index in [1.165, 1.54) is 0 Å². The Bertz CT molecular complexity index is 626. The lowest BCUT2D eigenvalue weighted by Gasteiger charge is -2.23. The third-order valence-corrected chi connectivity index (χ3v) is 4.95. The van der Waals surface area contributed by atoms with Gasteiger partial charge in [0.15, 0.2) is 23.0 Å². The van der Waals surface area contributed by atoms with E-state index in [9.17, 15) is 0 Å². The van der Waals surface area contributed by atoms with Gasteiger partial charge in [-0.25, -0.2) is 0 Å². The highest BCUT2D eigenvalue weighted by molar-refractivity contribution is 7.08. The Hall–Kier alpha value is -1.48. The molecule has 0 amide bonds. The van der Waals surface area contributed by atoms with Crippen LogP contribution in [0.5, 0.6) is 23.0 Å². The minimum atomic E-state index is -0.110. The monoisotopic (exact) mass is 372 g/mol. The quantitative estimate of drug-likeness (QED) is 0.862. The smallest absolute Gasteiger partial charge is 0.172 e. The van der Waals surface area contributed by atoms with Gasteiger partial charge in [0.2, 0.25) is 0 Å². The minimum absolute atomic E-state index is 0.0112. The van der Waals surface area contributed by atoms with Crippen LogP contribution < -0.4 is 18.9 Å². The molecule has 0 radical (unpaired) electrons. The maximum Gasteiger partial charge on any atom is 0.172 e. The van der Waals surface area contributed by atoms with Crippen LogP contribution in [0.1, 0.15) is 12.8 Å². The Labute approximate surface area is 148 Å². The number of aliphatic hydroxyl groups excluding tert-OH is 2. The van der Waals surface area contributed by atoms with E-state index >= 15 is 0 Å². The van der Waals surface area contributed by atoms with Crippen LogP contribution in [0.3, 0.4) is 0 Å². The fraction of sp³-hybridized carbons (Fsp3) is 0.500. The molecule has 0 bridgehead atoms. The van der Waals surface area contributed by atoms with E-state index in [-0.39, 0.29) is 25.4 Å². The predicted octanol–water partition coefficient (Wildman–Crippen LogP) is 2.54. The number of ether oxygens (including phenoxy) is 4. The fourth-order valence-corrected chi connectivity index (χ4v) is 3.62. The van der Waals surface area contributed by atoms with Crippen molar-refractivity contribution < 1.29 is 29.2 Å². The molecule has 2 aromatic heterocycles. The van der Waals surface area contributed by atoms with Crippen molar-refractivity contribution in [1.29, 1.82) is 0 Å². The lowest BCUT2D eigenvalue weighted by Crippen LogP contribution is -2.29. The van der Waals surface area contributed by atoms with Gasteiger partial charge in [-0.2, -0.15) is 0 Å². The molecule has 24 heavy (non-hydrogen) atoms. The molecule has 4 rings (SSSR count). The first-order valence-corrected chi connectivity index (χ1v) is 9.61. The van der Waals surface area contributed by atoms with Crippen LogP contribution in [0.4, 0.5) is 0 Å². The van der Waals surface area contributed by atoms with Gasteiger partial charge in [-0.1, -0.05) is 0 Å². The van der Waals surface area contributed by atoms with Gasteiger partial charge in [-0.05, 0) is 0 Å². The Balaban J connectivity index is 0.000000141. The molecule has 0 aliphatic carbocycles. The zero-order chi connectivity index (χ0) is 16.8. The number of hydrogen-bond acceptors (Lipinski definition) is 8. The Morgan fingerprint density at radius 1 is 0.875 bits per heavy atom. The average molecular weight is 372 g/mol. The van der Waals surface area contributed by atoms with Crippen LogP contribution in [0.25, 0.3) is 0 Å². The summed E-state index contributed by atoms with van der Waals surface area (Å²) < 4.78 is 21.8. The standard InChI is InChI=1S/2C8H10O3S/c9-3-6-1-2-10-7-4-12-5-8(7)11-6;9-2-1-6-3-10-7-4-12-5-8(7)11-6/h2*4-6,9H,1-3H2. The molecule has 8 heteroatoms. The Morgan fingerprint density at radius 3 is 2.17 bits per heavy atom. The molecule has 132 valence electrons. The summed E-state index contributed by atoms with van der Waals surface area (Å²) in [5.41, 5.74) is 0. The van der Waals surface area contributed by atoms with Crippen LogP contribution in [-0.4, -0.2) is 48.8 Å². The number of fused-ring (bicyclic) bond motifs is 2. The fourth-order valence-electron chi connectivity index (χ4n) is 2.28. The van der Waals surface area contributed by atoms with Gasteiger partial charge >= 0.3 is 0 Å². The van der Waals surface area contributed by atoms with Crippen LogP contribution in [-0.2, 0) is 0 Å². The molecule has 2 aliphatic rings. The highest BCUT2D eigenvalue weighted by Gasteiger charge is 2.20. The maximum absolute atomic E-state index is 8.90. The molecule has 6 nitrogen and oxygen atoms in total. The summed E-state index contributed by atoms with van der Waals surface area (Å²) in [6.45, 7) is 1.37. The summed E-state index contributed by atoms with van der Waals surface area (Å²) in [7, 11) is 0. The van der Waals surface area contributed by atoms with E-state index in [1.54, 1.807) is 22.7 Å². The van der Waals surface area contributed by atoms with E-state index in [0.717, 1.165) is 29.4 Å². The summed E-state index contributed by atoms with van der Waals surface area (Å²) >= 11 is 3.11. The molecule has 4 heterocycles. The number of thiophene rings is 2. The molecule has 0 saturated carbocycles. The van der Waals surface area contributed by atoms with Gasteiger partial charge in [-0.3, -0.25) is 0 Å². The van der Waals surface area contributed by atoms with Crippen molar-refractivity contribution in [2.45, 2.75) is 25.0 Å². The van der Waals surface area contributed by atoms with Crippen molar-refractivity contribution in [3.63, 3.8) is 0 Å². The van der Waals surface area contributed by atoms with Gasteiger partial charge in [0, 0.05) is 41.0 Å². The predicted molar refractivity (Wildman–Crippen MR) is 91.9 cm³/mol. The molecule has 2 N–H and O–H groups in total. The molecule has 2 unspecified atom stereocenters. The SMILES string of the molecule is OCC1CCOc2cscc2O1.OCCC1COc2cscc2O1. The van der Waals surface area contributed by atoms with Crippen molar-refractivity contribution in [3.8, 4) is 23.0 Å². The molecule has 2 aromatic rings. The second kappa shape index (κ2) is 8.57. The highest BCUT2D eigenvalue weighted by Crippen LogP contribution is 2.36. The zero-order valence-electron chi connectivity index (χ0n) is 13.1. The Kier molecular flexibility index (Phi) is 6.19. The highest BCUT2D eigenvalue weighted by atomic mass is 32.1. The molecule has 2 atom stereocenters. The first-order chi connectivity index (χ1) is 11.8. The van der Waals surface area contributed by atoms with Crippen molar-refractivity contribution in [1.82, 2.24) is 0 Å². The second-order valence-electron chi connectivity index (χ2n) is 5.32. The van der Waals surface area contributed by atoms with Crippen molar-refractivity contribution in [2.24, 2.45) is 0 Å². The molecule has 0 spiro atoms. The molecular formula is C16H20O6S2. The van der Waals surface area contributed by atoms with Crippen molar-refractivity contribution in [2.75, 3.05) is 26.4 Å². The van der Waals surface area contributed by atoms with Crippen molar-refractivity contribution >= 4 is 22.7 Å². The first-order valence-electron chi connectivity index (χ1n) is 7.73. The maximum atomic E-state index is 8.90. The van der Waals surface area contributed by atoms with E-state index < -0.39 is 0 Å². The molecule has 0 fully saturated rings. The van der Waals surface area contributed by atoms with Crippen LogP contribution >= 0.6 is 22.7 Å². The van der Waals surface area contributed by atoms with Gasteiger partial charge < -0.3 is 29.2 Å². The molecule has 2 aliphatic heterocycles. The average Bonchev–Trinajstić information content (AvgIpc) is 3.20. The number of aliphatic hydroxyl groups is 2. The summed E-state index contributed by atoms with van der Waals surface area (Å²) in [6.07, 6.45) is 1.28. The van der Waals surface area contributed by atoms with E-state index in [2.05, 4.69) is 0 Å². The Morgan fingerprint density at radius 2 is 1.50 bits per heavy atom. The van der Waals surface area contributed by atoms with Crippen LogP contribution in [0, 0.1) is 0 Å². The second-order valence-corrected chi connectivity index (χ2v) is 6.81. The summed E-state index contributed by atoms with van der Waals surface area (Å²) in [4.78, 5) is 0. The van der Waals surface area contributed by atoms with E-state index in [0.29, 0.717) is 19.6 Å². The van der Waals surface area contributed by atoms with E-state index in [1.807, 2.05) is 21.5 Å².